The monoisotopic (exact) mass is 293 g/mol. The first-order valence-electron chi connectivity index (χ1n) is 5.99. The third-order valence-corrected chi connectivity index (χ3v) is 3.49. The lowest BCUT2D eigenvalue weighted by Crippen LogP contribution is -2.33. The van der Waals surface area contributed by atoms with Crippen LogP contribution in [0.3, 0.4) is 0 Å². The summed E-state index contributed by atoms with van der Waals surface area (Å²) < 4.78 is 0. The highest BCUT2D eigenvalue weighted by Crippen LogP contribution is 2.24. The molecule has 1 atom stereocenters. The number of carboxylic acids is 1. The molecule has 20 heavy (non-hydrogen) atoms. The number of nitriles is 1. The summed E-state index contributed by atoms with van der Waals surface area (Å²) in [6.45, 7) is 0.565. The largest absolute Gasteiger partial charge is 0.481 e. The van der Waals surface area contributed by atoms with Crippen molar-refractivity contribution in [2.75, 3.05) is 18.4 Å². The molecule has 6 nitrogen and oxygen atoms in total. The van der Waals surface area contributed by atoms with Crippen molar-refractivity contribution >= 4 is 29.3 Å². The molecule has 0 aromatic heterocycles. The predicted octanol–water partition coefficient (Wildman–Crippen LogP) is 2.15. The minimum absolute atomic E-state index is 0.177. The SMILES string of the molecule is N#Cc1ccc(Cl)c(NC(=O)N2CCC(C(=O)O)C2)c1. The van der Waals surface area contributed by atoms with Crippen LogP contribution in [-0.2, 0) is 4.79 Å². The molecule has 2 N–H and O–H groups in total. The van der Waals surface area contributed by atoms with Crippen LogP contribution in [0.1, 0.15) is 12.0 Å². The van der Waals surface area contributed by atoms with Gasteiger partial charge in [-0.1, -0.05) is 11.6 Å². The van der Waals surface area contributed by atoms with Crippen molar-refractivity contribution in [1.29, 1.82) is 5.26 Å². The first-order valence-corrected chi connectivity index (χ1v) is 6.37. The van der Waals surface area contributed by atoms with Crippen LogP contribution in [0.2, 0.25) is 5.02 Å². The molecular formula is C13H12ClN3O3. The molecule has 0 aliphatic carbocycles. The molecule has 0 spiro atoms. The summed E-state index contributed by atoms with van der Waals surface area (Å²) in [4.78, 5) is 24.3. The van der Waals surface area contributed by atoms with Crippen LogP contribution < -0.4 is 5.32 Å². The summed E-state index contributed by atoms with van der Waals surface area (Å²) >= 11 is 5.95. The van der Waals surface area contributed by atoms with Crippen molar-refractivity contribution in [3.8, 4) is 6.07 Å². The van der Waals surface area contributed by atoms with Gasteiger partial charge in [0.1, 0.15) is 0 Å². The van der Waals surface area contributed by atoms with Crippen molar-refractivity contribution in [2.45, 2.75) is 6.42 Å². The Balaban J connectivity index is 2.06. The number of aliphatic carboxylic acids is 1. The van der Waals surface area contributed by atoms with Gasteiger partial charge in [0.15, 0.2) is 0 Å². The van der Waals surface area contributed by atoms with Crippen LogP contribution in [0, 0.1) is 17.2 Å². The highest BCUT2D eigenvalue weighted by molar-refractivity contribution is 6.33. The lowest BCUT2D eigenvalue weighted by atomic mass is 10.1. The van der Waals surface area contributed by atoms with E-state index in [9.17, 15) is 9.59 Å². The van der Waals surface area contributed by atoms with Crippen LogP contribution in [-0.4, -0.2) is 35.1 Å². The van der Waals surface area contributed by atoms with Crippen molar-refractivity contribution < 1.29 is 14.7 Å². The number of halogens is 1. The standard InChI is InChI=1S/C13H12ClN3O3/c14-10-2-1-8(6-15)5-11(10)16-13(20)17-4-3-9(7-17)12(18)19/h1-2,5,9H,3-4,7H2,(H,16,20)(H,18,19). The Bertz CT molecular complexity index is 597. The van der Waals surface area contributed by atoms with Crippen LogP contribution in [0.5, 0.6) is 0 Å². The maximum atomic E-state index is 12.0. The minimum atomic E-state index is -0.898. The van der Waals surface area contributed by atoms with Crippen LogP contribution >= 0.6 is 11.6 Å². The highest BCUT2D eigenvalue weighted by Gasteiger charge is 2.31. The maximum absolute atomic E-state index is 12.0. The van der Waals surface area contributed by atoms with Crippen LogP contribution in [0.25, 0.3) is 0 Å². The Morgan fingerprint density at radius 3 is 2.85 bits per heavy atom. The fraction of sp³-hybridized carbons (Fsp3) is 0.308. The van der Waals surface area contributed by atoms with E-state index in [0.29, 0.717) is 29.2 Å². The van der Waals surface area contributed by atoms with Gasteiger partial charge in [-0.25, -0.2) is 4.79 Å². The van der Waals surface area contributed by atoms with E-state index in [1.807, 2.05) is 6.07 Å². The van der Waals surface area contributed by atoms with Crippen LogP contribution in [0.15, 0.2) is 18.2 Å². The molecule has 104 valence electrons. The summed E-state index contributed by atoms with van der Waals surface area (Å²) in [5.41, 5.74) is 0.726. The molecule has 1 heterocycles. The molecule has 2 rings (SSSR count). The number of likely N-dealkylation sites (tertiary alicyclic amines) is 1. The quantitative estimate of drug-likeness (QED) is 0.873. The third-order valence-electron chi connectivity index (χ3n) is 3.16. The predicted molar refractivity (Wildman–Crippen MR) is 72.5 cm³/mol. The molecule has 0 radical (unpaired) electrons. The highest BCUT2D eigenvalue weighted by atomic mass is 35.5. The van der Waals surface area contributed by atoms with Gasteiger partial charge in [0, 0.05) is 13.1 Å². The first kappa shape index (κ1) is 14.2. The number of carbonyl (C=O) groups excluding carboxylic acids is 1. The fourth-order valence-corrected chi connectivity index (χ4v) is 2.20. The van der Waals surface area contributed by atoms with E-state index < -0.39 is 17.9 Å². The van der Waals surface area contributed by atoms with E-state index in [-0.39, 0.29) is 6.54 Å². The number of hydrogen-bond donors (Lipinski definition) is 2. The van der Waals surface area contributed by atoms with Crippen molar-refractivity contribution in [3.05, 3.63) is 28.8 Å². The second-order valence-corrected chi connectivity index (χ2v) is 4.91. The molecule has 1 aromatic carbocycles. The molecule has 1 aromatic rings. The van der Waals surface area contributed by atoms with Gasteiger partial charge in [-0.2, -0.15) is 5.26 Å². The summed E-state index contributed by atoms with van der Waals surface area (Å²) in [7, 11) is 0. The molecule has 1 aliphatic rings. The molecule has 7 heteroatoms. The van der Waals surface area contributed by atoms with Gasteiger partial charge >= 0.3 is 12.0 Å². The van der Waals surface area contributed by atoms with E-state index in [1.165, 1.54) is 17.0 Å². The summed E-state index contributed by atoms with van der Waals surface area (Å²) in [5.74, 6) is -1.42. The Hall–Kier alpha value is -2.26. The molecular weight excluding hydrogens is 282 g/mol. The Morgan fingerprint density at radius 1 is 1.50 bits per heavy atom. The zero-order valence-corrected chi connectivity index (χ0v) is 11.2. The van der Waals surface area contributed by atoms with E-state index in [4.69, 9.17) is 22.0 Å². The Kier molecular flexibility index (Phi) is 4.11. The first-order chi connectivity index (χ1) is 9.51. The number of nitrogens with one attached hydrogen (secondary N) is 1. The Morgan fingerprint density at radius 2 is 2.25 bits per heavy atom. The summed E-state index contributed by atoms with van der Waals surface area (Å²) in [6, 6.07) is 6.10. The smallest absolute Gasteiger partial charge is 0.321 e. The molecule has 0 saturated carbocycles. The van der Waals surface area contributed by atoms with Gasteiger partial charge in [-0.15, -0.1) is 0 Å². The number of nitrogens with zero attached hydrogens (tertiary/aromatic N) is 2. The molecule has 2 amide bonds. The molecule has 1 fully saturated rings. The van der Waals surface area contributed by atoms with Gasteiger partial charge in [-0.05, 0) is 24.6 Å². The van der Waals surface area contributed by atoms with Gasteiger partial charge < -0.3 is 15.3 Å². The van der Waals surface area contributed by atoms with E-state index in [0.717, 1.165) is 0 Å². The van der Waals surface area contributed by atoms with Gasteiger partial charge in [0.2, 0.25) is 0 Å². The topological polar surface area (TPSA) is 93.4 Å². The van der Waals surface area contributed by atoms with Crippen LogP contribution in [0.4, 0.5) is 10.5 Å². The summed E-state index contributed by atoms with van der Waals surface area (Å²) in [5, 5.41) is 20.6. The van der Waals surface area contributed by atoms with Gasteiger partial charge in [0.25, 0.3) is 0 Å². The number of carboxylic acid groups (broad SMARTS) is 1. The number of urea groups is 1. The summed E-state index contributed by atoms with van der Waals surface area (Å²) in [6.07, 6.45) is 0.439. The lowest BCUT2D eigenvalue weighted by Gasteiger charge is -2.17. The molecule has 0 bridgehead atoms. The molecule has 1 unspecified atom stereocenters. The average Bonchev–Trinajstić information content (AvgIpc) is 2.91. The number of carbonyl (C=O) groups is 2. The Labute approximate surface area is 120 Å². The van der Waals surface area contributed by atoms with Gasteiger partial charge in [-0.3, -0.25) is 4.79 Å². The average molecular weight is 294 g/mol. The number of rotatable bonds is 2. The zero-order valence-electron chi connectivity index (χ0n) is 10.5. The fourth-order valence-electron chi connectivity index (χ4n) is 2.03. The van der Waals surface area contributed by atoms with E-state index in [2.05, 4.69) is 5.32 Å². The molecule has 1 aliphatic heterocycles. The number of benzene rings is 1. The lowest BCUT2D eigenvalue weighted by molar-refractivity contribution is -0.141. The van der Waals surface area contributed by atoms with E-state index in [1.54, 1.807) is 6.07 Å². The number of anilines is 1. The van der Waals surface area contributed by atoms with Crippen molar-refractivity contribution in [3.63, 3.8) is 0 Å². The number of amides is 2. The second kappa shape index (κ2) is 5.80. The maximum Gasteiger partial charge on any atom is 0.321 e. The zero-order chi connectivity index (χ0) is 14.7. The molecule has 1 saturated heterocycles. The minimum Gasteiger partial charge on any atom is -0.481 e. The normalized spacial score (nSPS) is 17.6. The number of hydrogen-bond acceptors (Lipinski definition) is 3. The van der Waals surface area contributed by atoms with E-state index >= 15 is 0 Å². The van der Waals surface area contributed by atoms with Crippen molar-refractivity contribution in [2.24, 2.45) is 5.92 Å². The van der Waals surface area contributed by atoms with Crippen molar-refractivity contribution in [1.82, 2.24) is 4.90 Å². The second-order valence-electron chi connectivity index (χ2n) is 4.51. The van der Waals surface area contributed by atoms with Gasteiger partial charge in [0.05, 0.1) is 28.3 Å². The third kappa shape index (κ3) is 3.00.